The second-order valence-electron chi connectivity index (χ2n) is 4.58. The van der Waals surface area contributed by atoms with Crippen LogP contribution in [0.1, 0.15) is 29.8 Å². The van der Waals surface area contributed by atoms with E-state index in [0.29, 0.717) is 29.5 Å². The van der Waals surface area contributed by atoms with Crippen molar-refractivity contribution < 1.29 is 14.3 Å². The zero-order valence-corrected chi connectivity index (χ0v) is 11.7. The number of methoxy groups -OCH3 is 2. The Labute approximate surface area is 108 Å². The van der Waals surface area contributed by atoms with E-state index in [2.05, 4.69) is 19.2 Å². The molecular formula is C14H21NO3. The van der Waals surface area contributed by atoms with E-state index in [-0.39, 0.29) is 5.91 Å². The van der Waals surface area contributed by atoms with Gasteiger partial charge >= 0.3 is 0 Å². The molecule has 0 heterocycles. The minimum absolute atomic E-state index is 0.119. The number of hydrogen-bond acceptors (Lipinski definition) is 3. The fraction of sp³-hybridized carbons (Fsp3) is 0.500. The smallest absolute Gasteiger partial charge is 0.255 e. The van der Waals surface area contributed by atoms with E-state index in [1.807, 2.05) is 6.92 Å². The molecule has 18 heavy (non-hydrogen) atoms. The summed E-state index contributed by atoms with van der Waals surface area (Å²) in [6.07, 6.45) is 0. The standard InChI is InChI=1S/C14H21NO3/c1-9(2)8-15-14(16)11-6-7-12(17-4)10(3)13(11)18-5/h6-7,9H,8H2,1-5H3,(H,15,16). The molecule has 0 saturated carbocycles. The van der Waals surface area contributed by atoms with Gasteiger partial charge in [0.15, 0.2) is 0 Å². The normalized spacial score (nSPS) is 10.3. The average Bonchev–Trinajstić information content (AvgIpc) is 2.35. The lowest BCUT2D eigenvalue weighted by Crippen LogP contribution is -2.27. The largest absolute Gasteiger partial charge is 0.496 e. The molecule has 0 unspecified atom stereocenters. The zero-order chi connectivity index (χ0) is 13.7. The molecule has 0 aliphatic heterocycles. The summed E-state index contributed by atoms with van der Waals surface area (Å²) < 4.78 is 10.5. The maximum atomic E-state index is 12.0. The Bertz CT molecular complexity index is 427. The summed E-state index contributed by atoms with van der Waals surface area (Å²) in [5, 5.41) is 2.88. The van der Waals surface area contributed by atoms with Gasteiger partial charge in [-0.3, -0.25) is 4.79 Å². The minimum Gasteiger partial charge on any atom is -0.496 e. The van der Waals surface area contributed by atoms with Gasteiger partial charge in [-0.25, -0.2) is 0 Å². The molecule has 0 atom stereocenters. The predicted molar refractivity (Wildman–Crippen MR) is 71.5 cm³/mol. The first-order valence-electron chi connectivity index (χ1n) is 6.01. The maximum Gasteiger partial charge on any atom is 0.255 e. The highest BCUT2D eigenvalue weighted by Crippen LogP contribution is 2.31. The summed E-state index contributed by atoms with van der Waals surface area (Å²) in [7, 11) is 3.15. The van der Waals surface area contributed by atoms with Gasteiger partial charge in [-0.05, 0) is 25.0 Å². The minimum atomic E-state index is -0.119. The van der Waals surface area contributed by atoms with Gasteiger partial charge in [-0.15, -0.1) is 0 Å². The van der Waals surface area contributed by atoms with E-state index in [4.69, 9.17) is 9.47 Å². The second-order valence-corrected chi connectivity index (χ2v) is 4.58. The number of nitrogens with one attached hydrogen (secondary N) is 1. The molecule has 0 bridgehead atoms. The Hall–Kier alpha value is -1.71. The van der Waals surface area contributed by atoms with Crippen molar-refractivity contribution in [1.82, 2.24) is 5.32 Å². The molecule has 1 amide bonds. The highest BCUT2D eigenvalue weighted by Gasteiger charge is 2.16. The molecule has 0 fully saturated rings. The van der Waals surface area contributed by atoms with Gasteiger partial charge in [0, 0.05) is 12.1 Å². The monoisotopic (exact) mass is 251 g/mol. The van der Waals surface area contributed by atoms with E-state index in [0.717, 1.165) is 5.56 Å². The van der Waals surface area contributed by atoms with Crippen LogP contribution in [0.25, 0.3) is 0 Å². The van der Waals surface area contributed by atoms with Crippen LogP contribution in [0.5, 0.6) is 11.5 Å². The van der Waals surface area contributed by atoms with Gasteiger partial charge in [-0.1, -0.05) is 13.8 Å². The van der Waals surface area contributed by atoms with E-state index >= 15 is 0 Å². The molecule has 4 nitrogen and oxygen atoms in total. The number of carbonyl (C=O) groups is 1. The number of hydrogen-bond donors (Lipinski definition) is 1. The van der Waals surface area contributed by atoms with Gasteiger partial charge in [0.25, 0.3) is 5.91 Å². The van der Waals surface area contributed by atoms with E-state index in [1.165, 1.54) is 0 Å². The Kier molecular flexibility index (Phi) is 5.01. The van der Waals surface area contributed by atoms with Crippen LogP contribution < -0.4 is 14.8 Å². The lowest BCUT2D eigenvalue weighted by molar-refractivity contribution is 0.0945. The van der Waals surface area contributed by atoms with Crippen molar-refractivity contribution in [2.75, 3.05) is 20.8 Å². The van der Waals surface area contributed by atoms with Crippen LogP contribution in [0.4, 0.5) is 0 Å². The van der Waals surface area contributed by atoms with Gasteiger partial charge in [0.1, 0.15) is 11.5 Å². The fourth-order valence-corrected chi connectivity index (χ4v) is 1.73. The lowest BCUT2D eigenvalue weighted by Gasteiger charge is -2.15. The molecule has 1 aromatic carbocycles. The van der Waals surface area contributed by atoms with Crippen molar-refractivity contribution >= 4 is 5.91 Å². The molecule has 0 aliphatic carbocycles. The number of benzene rings is 1. The molecule has 1 N–H and O–H groups in total. The quantitative estimate of drug-likeness (QED) is 0.874. The fourth-order valence-electron chi connectivity index (χ4n) is 1.73. The highest BCUT2D eigenvalue weighted by molar-refractivity contribution is 5.97. The van der Waals surface area contributed by atoms with Gasteiger partial charge < -0.3 is 14.8 Å². The Morgan fingerprint density at radius 2 is 1.94 bits per heavy atom. The van der Waals surface area contributed by atoms with Crippen LogP contribution in [0.15, 0.2) is 12.1 Å². The van der Waals surface area contributed by atoms with Crippen molar-refractivity contribution in [2.45, 2.75) is 20.8 Å². The molecule has 1 aromatic rings. The van der Waals surface area contributed by atoms with Gasteiger partial charge in [0.05, 0.1) is 19.8 Å². The van der Waals surface area contributed by atoms with Crippen molar-refractivity contribution in [3.05, 3.63) is 23.3 Å². The molecule has 0 aromatic heterocycles. The topological polar surface area (TPSA) is 47.6 Å². The summed E-state index contributed by atoms with van der Waals surface area (Å²) >= 11 is 0. The summed E-state index contributed by atoms with van der Waals surface area (Å²) in [4.78, 5) is 12.0. The zero-order valence-electron chi connectivity index (χ0n) is 11.7. The van der Waals surface area contributed by atoms with Crippen LogP contribution in [-0.4, -0.2) is 26.7 Å². The molecule has 4 heteroatoms. The molecule has 1 rings (SSSR count). The van der Waals surface area contributed by atoms with E-state index in [9.17, 15) is 4.79 Å². The summed E-state index contributed by atoms with van der Waals surface area (Å²) in [5.41, 5.74) is 1.37. The molecular weight excluding hydrogens is 230 g/mol. The van der Waals surface area contributed by atoms with Gasteiger partial charge in [-0.2, -0.15) is 0 Å². The van der Waals surface area contributed by atoms with E-state index in [1.54, 1.807) is 26.4 Å². The third-order valence-corrected chi connectivity index (χ3v) is 2.70. The first-order chi connectivity index (χ1) is 8.51. The van der Waals surface area contributed by atoms with Crippen LogP contribution in [0, 0.1) is 12.8 Å². The number of amides is 1. The third kappa shape index (κ3) is 3.15. The SMILES string of the molecule is COc1ccc(C(=O)NCC(C)C)c(OC)c1C. The lowest BCUT2D eigenvalue weighted by atomic mass is 10.1. The summed E-state index contributed by atoms with van der Waals surface area (Å²) in [6.45, 7) is 6.62. The van der Waals surface area contributed by atoms with Crippen molar-refractivity contribution in [3.8, 4) is 11.5 Å². The Morgan fingerprint density at radius 3 is 2.44 bits per heavy atom. The first kappa shape index (κ1) is 14.4. The highest BCUT2D eigenvalue weighted by atomic mass is 16.5. The van der Waals surface area contributed by atoms with Crippen molar-refractivity contribution in [3.63, 3.8) is 0 Å². The average molecular weight is 251 g/mol. The number of carbonyl (C=O) groups excluding carboxylic acids is 1. The molecule has 0 aliphatic rings. The summed E-state index contributed by atoms with van der Waals surface area (Å²) in [6, 6.07) is 3.50. The molecule has 0 saturated heterocycles. The van der Waals surface area contributed by atoms with Crippen LogP contribution >= 0.6 is 0 Å². The van der Waals surface area contributed by atoms with Crippen molar-refractivity contribution in [1.29, 1.82) is 0 Å². The number of ether oxygens (including phenoxy) is 2. The van der Waals surface area contributed by atoms with Gasteiger partial charge in [0.2, 0.25) is 0 Å². The Balaban J connectivity index is 3.02. The predicted octanol–water partition coefficient (Wildman–Crippen LogP) is 2.40. The summed E-state index contributed by atoms with van der Waals surface area (Å²) in [5.74, 6) is 1.58. The second kappa shape index (κ2) is 6.28. The number of rotatable bonds is 5. The third-order valence-electron chi connectivity index (χ3n) is 2.70. The van der Waals surface area contributed by atoms with Crippen LogP contribution in [0.2, 0.25) is 0 Å². The first-order valence-corrected chi connectivity index (χ1v) is 6.01. The molecule has 100 valence electrons. The van der Waals surface area contributed by atoms with Crippen LogP contribution in [0.3, 0.4) is 0 Å². The van der Waals surface area contributed by atoms with Crippen molar-refractivity contribution in [2.24, 2.45) is 5.92 Å². The Morgan fingerprint density at radius 1 is 1.28 bits per heavy atom. The van der Waals surface area contributed by atoms with Crippen LogP contribution in [-0.2, 0) is 0 Å². The maximum absolute atomic E-state index is 12.0. The van der Waals surface area contributed by atoms with E-state index < -0.39 is 0 Å². The molecule has 0 radical (unpaired) electrons. The molecule has 0 spiro atoms.